The van der Waals surface area contributed by atoms with Crippen molar-refractivity contribution in [3.8, 4) is 34.2 Å². The van der Waals surface area contributed by atoms with Crippen LogP contribution in [0.1, 0.15) is 11.1 Å². The third kappa shape index (κ3) is 3.72. The molecule has 0 unspecified atom stereocenters. The van der Waals surface area contributed by atoms with Crippen LogP contribution in [0, 0.1) is 11.3 Å². The van der Waals surface area contributed by atoms with E-state index in [1.807, 2.05) is 30.5 Å². The molecule has 5 rings (SSSR count). The molecule has 11 heteroatoms. The van der Waals surface area contributed by atoms with Gasteiger partial charge in [0.15, 0.2) is 5.82 Å². The highest BCUT2D eigenvalue weighted by Crippen LogP contribution is 2.36. The number of aliphatic hydroxyl groups excluding tert-OH is 1. The number of hydrogen-bond donors (Lipinski definition) is 2. The summed E-state index contributed by atoms with van der Waals surface area (Å²) >= 11 is 0. The molecule has 5 aromatic rings. The maximum Gasteiger partial charge on any atom is 0.152 e. The van der Waals surface area contributed by atoms with Crippen molar-refractivity contribution in [3.63, 3.8) is 0 Å². The van der Waals surface area contributed by atoms with Crippen molar-refractivity contribution >= 4 is 11.3 Å². The second kappa shape index (κ2) is 8.68. The summed E-state index contributed by atoms with van der Waals surface area (Å²) in [6.45, 7) is 0.860. The van der Waals surface area contributed by atoms with Crippen molar-refractivity contribution in [2.24, 2.45) is 0 Å². The Morgan fingerprint density at radius 2 is 1.94 bits per heavy atom. The maximum absolute atomic E-state index is 9.20. The summed E-state index contributed by atoms with van der Waals surface area (Å²) < 4.78 is 10.8. The van der Waals surface area contributed by atoms with Crippen LogP contribution in [-0.2, 0) is 13.1 Å². The number of aliphatic hydroxyl groups is 1. The first-order chi connectivity index (χ1) is 16.6. The minimum absolute atomic E-state index is 0.00110. The van der Waals surface area contributed by atoms with Crippen molar-refractivity contribution in [2.75, 3.05) is 19.5 Å². The molecule has 11 nitrogen and oxygen atoms in total. The summed E-state index contributed by atoms with van der Waals surface area (Å²) in [5.74, 6) is 1.03. The lowest BCUT2D eigenvalue weighted by molar-refractivity contribution is 0.269. The molecule has 3 N–H and O–H groups in total. The van der Waals surface area contributed by atoms with Gasteiger partial charge in [0.25, 0.3) is 0 Å². The normalized spacial score (nSPS) is 11.1. The number of nitriles is 1. The van der Waals surface area contributed by atoms with Gasteiger partial charge in [-0.3, -0.25) is 9.36 Å². The number of rotatable bonds is 7. The molecule has 0 amide bonds. The largest absolute Gasteiger partial charge is 0.496 e. The first kappa shape index (κ1) is 21.2. The lowest BCUT2D eigenvalue weighted by Crippen LogP contribution is -2.03. The molecule has 0 atom stereocenters. The Balaban J connectivity index is 1.59. The van der Waals surface area contributed by atoms with E-state index < -0.39 is 0 Å². The first-order valence-electron chi connectivity index (χ1n) is 10.5. The molecule has 0 fully saturated rings. The summed E-state index contributed by atoms with van der Waals surface area (Å²) in [5.41, 5.74) is 11.7. The van der Waals surface area contributed by atoms with Gasteiger partial charge in [-0.2, -0.15) is 20.6 Å². The smallest absolute Gasteiger partial charge is 0.152 e. The van der Waals surface area contributed by atoms with E-state index in [2.05, 4.69) is 26.3 Å². The maximum atomic E-state index is 9.20. The van der Waals surface area contributed by atoms with Crippen molar-refractivity contribution in [2.45, 2.75) is 13.1 Å². The molecule has 0 bridgehead atoms. The van der Waals surface area contributed by atoms with Gasteiger partial charge in [0.1, 0.15) is 23.7 Å². The van der Waals surface area contributed by atoms with Gasteiger partial charge < -0.3 is 15.6 Å². The van der Waals surface area contributed by atoms with Crippen molar-refractivity contribution in [3.05, 3.63) is 66.5 Å². The molecule has 0 radical (unpaired) electrons. The summed E-state index contributed by atoms with van der Waals surface area (Å²) in [7, 11) is 1.61. The average Bonchev–Trinajstić information content (AvgIpc) is 3.58. The predicted octanol–water partition coefficient (Wildman–Crippen LogP) is 1.96. The van der Waals surface area contributed by atoms with Gasteiger partial charge in [0, 0.05) is 29.1 Å². The Morgan fingerprint density at radius 1 is 1.09 bits per heavy atom. The molecule has 0 aliphatic carbocycles. The van der Waals surface area contributed by atoms with Crippen LogP contribution in [0.25, 0.3) is 27.9 Å². The van der Waals surface area contributed by atoms with Gasteiger partial charge in [-0.15, -0.1) is 0 Å². The topological polar surface area (TPSA) is 145 Å². The number of benzene rings is 1. The van der Waals surface area contributed by atoms with E-state index in [1.54, 1.807) is 33.4 Å². The second-order valence-corrected chi connectivity index (χ2v) is 7.63. The molecule has 0 aliphatic rings. The quantitative estimate of drug-likeness (QED) is 0.379. The Labute approximate surface area is 194 Å². The summed E-state index contributed by atoms with van der Waals surface area (Å²) in [6, 6.07) is 9.95. The van der Waals surface area contributed by atoms with Crippen molar-refractivity contribution < 1.29 is 9.84 Å². The zero-order chi connectivity index (χ0) is 23.7. The number of nitrogens with two attached hydrogens (primary N) is 1. The average molecular weight is 455 g/mol. The molecular weight excluding hydrogens is 434 g/mol. The fraction of sp³-hybridized carbons (Fsp3) is 0.174. The minimum Gasteiger partial charge on any atom is -0.496 e. The molecule has 4 heterocycles. The van der Waals surface area contributed by atoms with Crippen LogP contribution in [0.4, 0.5) is 5.82 Å². The molecular formula is C23H21N9O2. The Kier molecular flexibility index (Phi) is 5.41. The number of anilines is 1. The van der Waals surface area contributed by atoms with Gasteiger partial charge in [0.2, 0.25) is 0 Å². The highest BCUT2D eigenvalue weighted by Gasteiger charge is 2.19. The zero-order valence-electron chi connectivity index (χ0n) is 18.3. The summed E-state index contributed by atoms with van der Waals surface area (Å²) in [5, 5.41) is 31.2. The van der Waals surface area contributed by atoms with Gasteiger partial charge in [-0.05, 0) is 17.7 Å². The molecule has 34 heavy (non-hydrogen) atoms. The predicted molar refractivity (Wildman–Crippen MR) is 124 cm³/mol. The van der Waals surface area contributed by atoms with Crippen molar-refractivity contribution in [1.29, 1.82) is 5.26 Å². The number of ether oxygens (including phenoxy) is 1. The van der Waals surface area contributed by atoms with Gasteiger partial charge >= 0.3 is 0 Å². The highest BCUT2D eigenvalue weighted by atomic mass is 16.5. The number of fused-ring (bicyclic) bond motifs is 1. The van der Waals surface area contributed by atoms with Crippen LogP contribution in [0.5, 0.6) is 5.75 Å². The van der Waals surface area contributed by atoms with E-state index in [-0.39, 0.29) is 6.61 Å². The fourth-order valence-electron chi connectivity index (χ4n) is 3.94. The van der Waals surface area contributed by atoms with E-state index in [9.17, 15) is 5.11 Å². The third-order valence-corrected chi connectivity index (χ3v) is 5.53. The molecule has 170 valence electrons. The lowest BCUT2D eigenvalue weighted by Gasteiger charge is -2.11. The Bertz CT molecular complexity index is 1520. The third-order valence-electron chi connectivity index (χ3n) is 5.53. The molecule has 1 aromatic carbocycles. The summed E-state index contributed by atoms with van der Waals surface area (Å²) in [6.07, 6.45) is 8.21. The minimum atomic E-state index is -0.00110. The van der Waals surface area contributed by atoms with Crippen LogP contribution < -0.4 is 10.5 Å². The van der Waals surface area contributed by atoms with E-state index in [0.29, 0.717) is 35.7 Å². The monoisotopic (exact) mass is 455 g/mol. The van der Waals surface area contributed by atoms with E-state index >= 15 is 0 Å². The lowest BCUT2D eigenvalue weighted by atomic mass is 10.0. The first-order valence-corrected chi connectivity index (χ1v) is 10.5. The van der Waals surface area contributed by atoms with E-state index in [4.69, 9.17) is 15.7 Å². The van der Waals surface area contributed by atoms with Crippen LogP contribution in [-0.4, -0.2) is 53.0 Å². The van der Waals surface area contributed by atoms with Gasteiger partial charge in [-0.25, -0.2) is 9.50 Å². The van der Waals surface area contributed by atoms with E-state index in [1.165, 1.54) is 12.5 Å². The zero-order valence-corrected chi connectivity index (χ0v) is 18.3. The number of nitrogen functional groups attached to an aromatic ring is 1. The van der Waals surface area contributed by atoms with Crippen LogP contribution in [0.3, 0.4) is 0 Å². The number of aromatic nitrogens is 7. The highest BCUT2D eigenvalue weighted by molar-refractivity contribution is 5.92. The van der Waals surface area contributed by atoms with Crippen LogP contribution in [0.15, 0.2) is 55.4 Å². The Hall–Kier alpha value is -4.69. The number of hydrogen-bond acceptors (Lipinski definition) is 8. The molecule has 0 saturated heterocycles. The fourth-order valence-corrected chi connectivity index (χ4v) is 3.94. The van der Waals surface area contributed by atoms with E-state index in [0.717, 1.165) is 27.9 Å². The standard InChI is InChI=1S/C23H21N9O2/c1-34-21-6-16(2-3-17(21)12-31-11-15(8-24)9-27-31)19-7-20(18-10-28-30(13-18)4-5-33)32-22(19)23(25)26-14-29-32/h2-3,6-7,9-11,13-14,33H,4-5,12H2,1H3,(H2,25,26,29). The summed E-state index contributed by atoms with van der Waals surface area (Å²) in [4.78, 5) is 4.18. The van der Waals surface area contributed by atoms with Gasteiger partial charge in [-0.1, -0.05) is 12.1 Å². The molecule has 0 aliphatic heterocycles. The van der Waals surface area contributed by atoms with Gasteiger partial charge in [0.05, 0.1) is 50.5 Å². The SMILES string of the molecule is COc1cc(-c2cc(-c3cnn(CCO)c3)n3ncnc(N)c23)ccc1Cn1cc(C#N)cn1. The molecule has 4 aromatic heterocycles. The Morgan fingerprint density at radius 3 is 2.71 bits per heavy atom. The second-order valence-electron chi connectivity index (χ2n) is 7.63. The van der Waals surface area contributed by atoms with Crippen molar-refractivity contribution in [1.82, 2.24) is 34.2 Å². The molecule has 0 saturated carbocycles. The van der Waals surface area contributed by atoms with Crippen LogP contribution in [0.2, 0.25) is 0 Å². The molecule has 0 spiro atoms. The number of methoxy groups -OCH3 is 1. The number of nitrogens with zero attached hydrogens (tertiary/aromatic N) is 8. The van der Waals surface area contributed by atoms with Crippen LogP contribution >= 0.6 is 0 Å².